The molecule has 0 aliphatic heterocycles. The molecule has 24 heavy (non-hydrogen) atoms. The van der Waals surface area contributed by atoms with Crippen LogP contribution in [0, 0.1) is 11.6 Å². The molecule has 0 spiro atoms. The van der Waals surface area contributed by atoms with Crippen molar-refractivity contribution >= 4 is 5.91 Å². The van der Waals surface area contributed by atoms with Crippen molar-refractivity contribution in [2.24, 2.45) is 0 Å². The molecule has 128 valence electrons. The zero-order valence-electron chi connectivity index (χ0n) is 13.4. The first kappa shape index (κ1) is 17.9. The third-order valence-corrected chi connectivity index (χ3v) is 3.65. The molecule has 2 aromatic rings. The Hall–Kier alpha value is -2.47. The number of aliphatic hydroxyl groups excluding tert-OH is 1. The lowest BCUT2D eigenvalue weighted by molar-refractivity contribution is -0.121. The van der Waals surface area contributed by atoms with Crippen molar-refractivity contribution in [3.8, 4) is 5.75 Å². The van der Waals surface area contributed by atoms with Gasteiger partial charge in [0.25, 0.3) is 0 Å². The van der Waals surface area contributed by atoms with E-state index in [2.05, 4.69) is 5.32 Å². The number of hydrogen-bond donors (Lipinski definition) is 2. The topological polar surface area (TPSA) is 58.6 Å². The van der Waals surface area contributed by atoms with Gasteiger partial charge in [-0.3, -0.25) is 4.79 Å². The molecule has 2 aromatic carbocycles. The van der Waals surface area contributed by atoms with Gasteiger partial charge in [0.2, 0.25) is 5.91 Å². The maximum absolute atomic E-state index is 13.6. The van der Waals surface area contributed by atoms with E-state index >= 15 is 0 Å². The van der Waals surface area contributed by atoms with Gasteiger partial charge in [0.05, 0.1) is 25.7 Å². The molecule has 0 saturated carbocycles. The Bertz CT molecular complexity index is 704. The van der Waals surface area contributed by atoms with E-state index in [1.165, 1.54) is 43.5 Å². The number of amides is 1. The number of aliphatic hydroxyl groups is 1. The van der Waals surface area contributed by atoms with E-state index in [-0.39, 0.29) is 18.1 Å². The Labute approximate surface area is 139 Å². The third-order valence-electron chi connectivity index (χ3n) is 3.65. The summed E-state index contributed by atoms with van der Waals surface area (Å²) >= 11 is 0. The Morgan fingerprint density at radius 2 is 1.88 bits per heavy atom. The number of rotatable bonds is 6. The van der Waals surface area contributed by atoms with Crippen LogP contribution in [0.4, 0.5) is 8.78 Å². The molecule has 0 unspecified atom stereocenters. The molecule has 2 N–H and O–H groups in total. The van der Waals surface area contributed by atoms with Gasteiger partial charge in [-0.05, 0) is 42.3 Å². The second-order valence-electron chi connectivity index (χ2n) is 5.50. The first-order valence-corrected chi connectivity index (χ1v) is 7.46. The average molecular weight is 335 g/mol. The van der Waals surface area contributed by atoms with E-state index in [0.717, 1.165) is 0 Å². The summed E-state index contributed by atoms with van der Waals surface area (Å²) in [4.78, 5) is 12.0. The molecule has 0 heterocycles. The molecule has 0 aliphatic carbocycles. The third kappa shape index (κ3) is 4.52. The molecule has 0 aromatic heterocycles. The number of nitrogens with one attached hydrogen (secondary N) is 1. The summed E-state index contributed by atoms with van der Waals surface area (Å²) in [6.45, 7) is 1.64. The summed E-state index contributed by atoms with van der Waals surface area (Å²) in [6, 6.07) is 9.12. The standard InChI is InChI=1S/C18H19F2NO3/c1-11(18(23)13-4-6-14(19)7-5-13)21-17(22)10-12-3-8-16(24-2)15(20)9-12/h3-9,11,18,23H,10H2,1-2H3,(H,21,22)/t11-,18-/m0/s1. The van der Waals surface area contributed by atoms with Crippen LogP contribution in [0.5, 0.6) is 5.75 Å². The van der Waals surface area contributed by atoms with Crippen LogP contribution in [-0.2, 0) is 11.2 Å². The number of ether oxygens (including phenoxy) is 1. The van der Waals surface area contributed by atoms with Crippen LogP contribution in [0.25, 0.3) is 0 Å². The number of hydrogen-bond acceptors (Lipinski definition) is 3. The van der Waals surface area contributed by atoms with E-state index in [1.54, 1.807) is 13.0 Å². The minimum Gasteiger partial charge on any atom is -0.494 e. The monoisotopic (exact) mass is 335 g/mol. The first-order chi connectivity index (χ1) is 11.4. The van der Waals surface area contributed by atoms with Crippen LogP contribution in [0.1, 0.15) is 24.2 Å². The number of carbonyl (C=O) groups excluding carboxylic acids is 1. The highest BCUT2D eigenvalue weighted by molar-refractivity contribution is 5.79. The van der Waals surface area contributed by atoms with Gasteiger partial charge in [0.1, 0.15) is 5.82 Å². The average Bonchev–Trinajstić information content (AvgIpc) is 2.55. The summed E-state index contributed by atoms with van der Waals surface area (Å²) in [5.41, 5.74) is 0.994. The molecule has 0 radical (unpaired) electrons. The molecule has 0 aliphatic rings. The Morgan fingerprint density at radius 3 is 2.46 bits per heavy atom. The Balaban J connectivity index is 1.96. The van der Waals surface area contributed by atoms with Crippen LogP contribution in [0.3, 0.4) is 0 Å². The largest absolute Gasteiger partial charge is 0.494 e. The molecule has 0 saturated heterocycles. The number of benzene rings is 2. The smallest absolute Gasteiger partial charge is 0.224 e. The molecule has 1 amide bonds. The summed E-state index contributed by atoms with van der Waals surface area (Å²) in [5.74, 6) is -1.18. The number of halogens is 2. The lowest BCUT2D eigenvalue weighted by Crippen LogP contribution is -2.37. The van der Waals surface area contributed by atoms with E-state index in [4.69, 9.17) is 4.74 Å². The van der Waals surface area contributed by atoms with Crippen molar-refractivity contribution in [3.05, 3.63) is 65.2 Å². The second-order valence-corrected chi connectivity index (χ2v) is 5.50. The van der Waals surface area contributed by atoms with Crippen LogP contribution >= 0.6 is 0 Å². The first-order valence-electron chi connectivity index (χ1n) is 7.46. The van der Waals surface area contributed by atoms with Gasteiger partial charge in [0.15, 0.2) is 11.6 Å². The lowest BCUT2D eigenvalue weighted by atomic mass is 10.0. The van der Waals surface area contributed by atoms with Crippen LogP contribution in [0.15, 0.2) is 42.5 Å². The fourth-order valence-corrected chi connectivity index (χ4v) is 2.34. The zero-order chi connectivity index (χ0) is 17.7. The predicted octanol–water partition coefficient (Wildman–Crippen LogP) is 2.75. The van der Waals surface area contributed by atoms with Crippen LogP contribution in [0.2, 0.25) is 0 Å². The van der Waals surface area contributed by atoms with Gasteiger partial charge >= 0.3 is 0 Å². The summed E-state index contributed by atoms with van der Waals surface area (Å²) in [5, 5.41) is 12.8. The molecular weight excluding hydrogens is 316 g/mol. The normalized spacial score (nSPS) is 13.2. The summed E-state index contributed by atoms with van der Waals surface area (Å²) < 4.78 is 31.3. The molecular formula is C18H19F2NO3. The highest BCUT2D eigenvalue weighted by Gasteiger charge is 2.19. The van der Waals surface area contributed by atoms with E-state index < -0.39 is 23.8 Å². The van der Waals surface area contributed by atoms with Gasteiger partial charge in [-0.25, -0.2) is 8.78 Å². The minimum atomic E-state index is -0.970. The predicted molar refractivity (Wildman–Crippen MR) is 85.6 cm³/mol. The summed E-state index contributed by atoms with van der Waals surface area (Å²) in [6.07, 6.45) is -0.997. The molecule has 0 fully saturated rings. The van der Waals surface area contributed by atoms with Crippen molar-refractivity contribution in [1.82, 2.24) is 5.32 Å². The number of methoxy groups -OCH3 is 1. The minimum absolute atomic E-state index is 0.0264. The van der Waals surface area contributed by atoms with Gasteiger partial charge in [0, 0.05) is 0 Å². The fourth-order valence-electron chi connectivity index (χ4n) is 2.34. The van der Waals surface area contributed by atoms with E-state index in [0.29, 0.717) is 11.1 Å². The van der Waals surface area contributed by atoms with E-state index in [9.17, 15) is 18.7 Å². The summed E-state index contributed by atoms with van der Waals surface area (Å²) in [7, 11) is 1.36. The maximum atomic E-state index is 13.6. The van der Waals surface area contributed by atoms with Crippen molar-refractivity contribution in [3.63, 3.8) is 0 Å². The van der Waals surface area contributed by atoms with Gasteiger partial charge < -0.3 is 15.2 Å². The van der Waals surface area contributed by atoms with Gasteiger partial charge in [-0.2, -0.15) is 0 Å². The molecule has 0 bridgehead atoms. The van der Waals surface area contributed by atoms with E-state index in [1.807, 2.05) is 0 Å². The Morgan fingerprint density at radius 1 is 1.21 bits per heavy atom. The maximum Gasteiger partial charge on any atom is 0.224 e. The van der Waals surface area contributed by atoms with Crippen molar-refractivity contribution in [2.75, 3.05) is 7.11 Å². The van der Waals surface area contributed by atoms with Crippen LogP contribution in [-0.4, -0.2) is 24.2 Å². The molecule has 4 nitrogen and oxygen atoms in total. The zero-order valence-corrected chi connectivity index (χ0v) is 13.4. The molecule has 6 heteroatoms. The van der Waals surface area contributed by atoms with Gasteiger partial charge in [-0.1, -0.05) is 18.2 Å². The highest BCUT2D eigenvalue weighted by Crippen LogP contribution is 2.19. The van der Waals surface area contributed by atoms with Crippen molar-refractivity contribution < 1.29 is 23.4 Å². The van der Waals surface area contributed by atoms with Gasteiger partial charge in [-0.15, -0.1) is 0 Å². The highest BCUT2D eigenvalue weighted by atomic mass is 19.1. The Kier molecular flexibility index (Phi) is 5.87. The fraction of sp³-hybridized carbons (Fsp3) is 0.278. The number of carbonyl (C=O) groups is 1. The second kappa shape index (κ2) is 7.88. The SMILES string of the molecule is COc1ccc(CC(=O)N[C@@H](C)[C@H](O)c2ccc(F)cc2)cc1F. The van der Waals surface area contributed by atoms with Crippen molar-refractivity contribution in [1.29, 1.82) is 0 Å². The molecule has 2 rings (SSSR count). The lowest BCUT2D eigenvalue weighted by Gasteiger charge is -2.20. The van der Waals surface area contributed by atoms with Crippen LogP contribution < -0.4 is 10.1 Å². The quantitative estimate of drug-likeness (QED) is 0.853. The van der Waals surface area contributed by atoms with Crippen molar-refractivity contribution in [2.45, 2.75) is 25.5 Å². The molecule has 2 atom stereocenters.